The van der Waals surface area contributed by atoms with Crippen molar-refractivity contribution in [1.82, 2.24) is 9.80 Å². The first-order valence-corrected chi connectivity index (χ1v) is 14.9. The van der Waals surface area contributed by atoms with E-state index in [4.69, 9.17) is 14.2 Å². The van der Waals surface area contributed by atoms with E-state index in [1.807, 2.05) is 35.2 Å². The lowest BCUT2D eigenvalue weighted by Crippen LogP contribution is -2.48. The molecule has 6 rings (SSSR count). The van der Waals surface area contributed by atoms with Crippen molar-refractivity contribution in [2.24, 2.45) is 0 Å². The Balaban J connectivity index is 1.03. The molecule has 2 heterocycles. The molecule has 3 fully saturated rings. The van der Waals surface area contributed by atoms with Crippen LogP contribution in [0.4, 0.5) is 0 Å². The molecule has 0 unspecified atom stereocenters. The second kappa shape index (κ2) is 12.3. The number of aliphatic hydroxyl groups excluding tert-OH is 1. The highest BCUT2D eigenvalue weighted by molar-refractivity contribution is 5.94. The van der Waals surface area contributed by atoms with Gasteiger partial charge in [0.05, 0.1) is 19.8 Å². The third-order valence-corrected chi connectivity index (χ3v) is 8.76. The van der Waals surface area contributed by atoms with Crippen LogP contribution in [-0.4, -0.2) is 66.0 Å². The number of benzene rings is 3. The van der Waals surface area contributed by atoms with Crippen molar-refractivity contribution in [2.45, 2.75) is 57.5 Å². The third-order valence-electron chi connectivity index (χ3n) is 8.76. The van der Waals surface area contributed by atoms with Gasteiger partial charge in [-0.1, -0.05) is 35.9 Å². The van der Waals surface area contributed by atoms with Crippen molar-refractivity contribution in [1.29, 1.82) is 0 Å². The molecule has 2 aliphatic heterocycles. The summed E-state index contributed by atoms with van der Waals surface area (Å²) in [4.78, 5) is 17.5. The summed E-state index contributed by atoms with van der Waals surface area (Å²) in [5.41, 5.74) is 5.23. The van der Waals surface area contributed by atoms with Crippen LogP contribution in [0.2, 0.25) is 0 Å². The van der Waals surface area contributed by atoms with E-state index in [0.29, 0.717) is 36.2 Å². The molecule has 1 spiro atoms. The first-order chi connectivity index (χ1) is 20.0. The summed E-state index contributed by atoms with van der Waals surface area (Å²) in [6.07, 6.45) is 3.81. The summed E-state index contributed by atoms with van der Waals surface area (Å²) < 4.78 is 17.9. The molecule has 7 heteroatoms. The highest BCUT2D eigenvalue weighted by atomic mass is 16.7. The molecule has 7 nitrogen and oxygen atoms in total. The highest BCUT2D eigenvalue weighted by Crippen LogP contribution is 2.43. The van der Waals surface area contributed by atoms with E-state index in [1.54, 1.807) is 0 Å². The Bertz CT molecular complexity index is 1330. The Morgan fingerprint density at radius 3 is 2.37 bits per heavy atom. The van der Waals surface area contributed by atoms with Crippen LogP contribution >= 0.6 is 0 Å². The molecule has 216 valence electrons. The molecule has 0 radical (unpaired) electrons. The fraction of sp³-hybridized carbons (Fsp3) is 0.441. The number of carbonyl (C=O) groups is 1. The predicted octanol–water partition coefficient (Wildman–Crippen LogP) is 5.64. The fourth-order valence-corrected chi connectivity index (χ4v) is 6.41. The van der Waals surface area contributed by atoms with Crippen LogP contribution in [-0.2, 0) is 22.6 Å². The molecular weight excluding hydrogens is 516 g/mol. The summed E-state index contributed by atoms with van der Waals surface area (Å²) in [6, 6.07) is 22.0. The average molecular weight is 557 g/mol. The van der Waals surface area contributed by atoms with Gasteiger partial charge in [0.1, 0.15) is 11.5 Å². The van der Waals surface area contributed by atoms with Crippen LogP contribution in [0.5, 0.6) is 11.5 Å². The highest BCUT2D eigenvalue weighted by Gasteiger charge is 2.40. The monoisotopic (exact) mass is 556 g/mol. The molecule has 0 bridgehead atoms. The normalized spacial score (nSPS) is 19.5. The lowest BCUT2D eigenvalue weighted by atomic mass is 9.80. The van der Waals surface area contributed by atoms with Gasteiger partial charge >= 0.3 is 0 Å². The van der Waals surface area contributed by atoms with Crippen molar-refractivity contribution < 1.29 is 24.1 Å². The molecule has 41 heavy (non-hydrogen) atoms. The maximum atomic E-state index is 13.2. The lowest BCUT2D eigenvalue weighted by Gasteiger charge is -2.35. The summed E-state index contributed by atoms with van der Waals surface area (Å²) in [5, 5.41) is 10.1. The van der Waals surface area contributed by atoms with Crippen molar-refractivity contribution in [3.05, 3.63) is 94.5 Å². The minimum Gasteiger partial charge on any atom is -0.457 e. The number of nitrogens with zero attached hydrogens (tertiary/aromatic N) is 2. The Morgan fingerprint density at radius 2 is 1.68 bits per heavy atom. The molecule has 0 aromatic heterocycles. The summed E-state index contributed by atoms with van der Waals surface area (Å²) >= 11 is 0. The SMILES string of the molecule is Cc1cccc(CN2CCN(C(=O)c3ccc(Oc4ccc(C5CCC6(CC5)OCCO6)cc4CO)cc3)CC2)c1. The third kappa shape index (κ3) is 6.49. The molecule has 1 N–H and O–H groups in total. The summed E-state index contributed by atoms with van der Waals surface area (Å²) in [7, 11) is 0. The second-order valence-corrected chi connectivity index (χ2v) is 11.6. The molecule has 3 aromatic carbocycles. The Morgan fingerprint density at radius 1 is 0.951 bits per heavy atom. The maximum Gasteiger partial charge on any atom is 0.253 e. The van der Waals surface area contributed by atoms with Crippen molar-refractivity contribution >= 4 is 5.91 Å². The zero-order valence-corrected chi connectivity index (χ0v) is 23.9. The van der Waals surface area contributed by atoms with Crippen molar-refractivity contribution in [2.75, 3.05) is 39.4 Å². The number of aliphatic hydroxyl groups is 1. The second-order valence-electron chi connectivity index (χ2n) is 11.6. The minimum absolute atomic E-state index is 0.0508. The molecule has 3 aromatic rings. The van der Waals surface area contributed by atoms with Crippen molar-refractivity contribution in [3.63, 3.8) is 0 Å². The van der Waals surface area contributed by atoms with E-state index in [2.05, 4.69) is 48.2 Å². The summed E-state index contributed by atoms with van der Waals surface area (Å²) in [5.74, 6) is 1.37. The largest absolute Gasteiger partial charge is 0.457 e. The maximum absolute atomic E-state index is 13.2. The molecule has 2 saturated heterocycles. The van der Waals surface area contributed by atoms with E-state index >= 15 is 0 Å². The van der Waals surface area contributed by atoms with E-state index in [0.717, 1.165) is 64.0 Å². The number of piperazine rings is 1. The van der Waals surface area contributed by atoms with Crippen LogP contribution < -0.4 is 4.74 Å². The van der Waals surface area contributed by atoms with Crippen LogP contribution in [0, 0.1) is 6.92 Å². The summed E-state index contributed by atoms with van der Waals surface area (Å²) in [6.45, 7) is 7.48. The van der Waals surface area contributed by atoms with Crippen LogP contribution in [0.1, 0.15) is 64.2 Å². The van der Waals surface area contributed by atoms with Gasteiger partial charge in [-0.15, -0.1) is 0 Å². The number of carbonyl (C=O) groups excluding carboxylic acids is 1. The van der Waals surface area contributed by atoms with E-state index in [1.165, 1.54) is 16.7 Å². The van der Waals surface area contributed by atoms with E-state index < -0.39 is 0 Å². The Labute approximate surface area is 242 Å². The number of ether oxygens (including phenoxy) is 3. The van der Waals surface area contributed by atoms with Crippen molar-refractivity contribution in [3.8, 4) is 11.5 Å². The quantitative estimate of drug-likeness (QED) is 0.406. The van der Waals surface area contributed by atoms with Gasteiger partial charge in [-0.25, -0.2) is 0 Å². The van der Waals surface area contributed by atoms with Gasteiger partial charge in [-0.2, -0.15) is 0 Å². The number of rotatable bonds is 7. The minimum atomic E-state index is -0.372. The fourth-order valence-electron chi connectivity index (χ4n) is 6.41. The Hall–Kier alpha value is -3.23. The first kappa shape index (κ1) is 27.9. The molecule has 3 aliphatic rings. The molecular formula is C34H40N2O5. The number of aryl methyl sites for hydroxylation is 1. The number of hydrogen-bond donors (Lipinski definition) is 1. The molecule has 1 aliphatic carbocycles. The zero-order chi connectivity index (χ0) is 28.2. The van der Waals surface area contributed by atoms with E-state index in [9.17, 15) is 9.90 Å². The van der Waals surface area contributed by atoms with Gasteiger partial charge in [0.2, 0.25) is 0 Å². The van der Waals surface area contributed by atoms with Gasteiger partial charge in [-0.05, 0) is 73.2 Å². The van der Waals surface area contributed by atoms with Crippen LogP contribution in [0.3, 0.4) is 0 Å². The lowest BCUT2D eigenvalue weighted by molar-refractivity contribution is -0.178. The molecule has 0 atom stereocenters. The molecule has 1 saturated carbocycles. The van der Waals surface area contributed by atoms with E-state index in [-0.39, 0.29) is 18.3 Å². The molecule has 1 amide bonds. The smallest absolute Gasteiger partial charge is 0.253 e. The topological polar surface area (TPSA) is 71.5 Å². The predicted molar refractivity (Wildman–Crippen MR) is 157 cm³/mol. The van der Waals surface area contributed by atoms with Gasteiger partial charge in [0, 0.05) is 56.7 Å². The van der Waals surface area contributed by atoms with Gasteiger partial charge in [-0.3, -0.25) is 9.69 Å². The first-order valence-electron chi connectivity index (χ1n) is 14.9. The van der Waals surface area contributed by atoms with Gasteiger partial charge in [0.15, 0.2) is 5.79 Å². The van der Waals surface area contributed by atoms with Crippen LogP contribution in [0.25, 0.3) is 0 Å². The number of hydrogen-bond acceptors (Lipinski definition) is 6. The number of amides is 1. The average Bonchev–Trinajstić information content (AvgIpc) is 3.46. The Kier molecular flexibility index (Phi) is 8.40. The standard InChI is InChI=1S/C34H40N2O5/c1-25-3-2-4-26(21-25)23-35-15-17-36(18-16-35)33(38)28-5-8-31(9-6-28)41-32-10-7-29(22-30(32)24-37)27-11-13-34(14-12-27)39-19-20-40-34/h2-10,21-22,27,37H,11-20,23-24H2,1H3. The van der Waals surface area contributed by atoms with Gasteiger partial charge in [0.25, 0.3) is 5.91 Å². The van der Waals surface area contributed by atoms with Gasteiger partial charge < -0.3 is 24.2 Å². The van der Waals surface area contributed by atoms with Crippen LogP contribution in [0.15, 0.2) is 66.7 Å². The zero-order valence-electron chi connectivity index (χ0n) is 23.9.